The smallest absolute Gasteiger partial charge is 0.257 e. The maximum atomic E-state index is 12.3. The Bertz CT molecular complexity index is 913. The minimum absolute atomic E-state index is 0.247. The van der Waals surface area contributed by atoms with E-state index in [0.717, 1.165) is 11.4 Å². The number of hydrogen-bond donors (Lipinski definition) is 2. The van der Waals surface area contributed by atoms with Gasteiger partial charge >= 0.3 is 0 Å². The number of nitrogens with one attached hydrogen (secondary N) is 2. The highest BCUT2D eigenvalue weighted by molar-refractivity contribution is 6.42. The van der Waals surface area contributed by atoms with Gasteiger partial charge in [0.1, 0.15) is 11.6 Å². The number of pyridine rings is 1. The molecule has 1 aromatic heterocycles. The van der Waals surface area contributed by atoms with Gasteiger partial charge in [0.2, 0.25) is 0 Å². The third-order valence-electron chi connectivity index (χ3n) is 3.57. The first-order chi connectivity index (χ1) is 12.5. The van der Waals surface area contributed by atoms with E-state index in [0.29, 0.717) is 27.1 Å². The van der Waals surface area contributed by atoms with Gasteiger partial charge in [0, 0.05) is 17.6 Å². The van der Waals surface area contributed by atoms with Crippen LogP contribution >= 0.6 is 23.2 Å². The predicted octanol–water partition coefficient (Wildman–Crippen LogP) is 5.39. The quantitative estimate of drug-likeness (QED) is 0.615. The van der Waals surface area contributed by atoms with E-state index in [1.54, 1.807) is 61.7 Å². The lowest BCUT2D eigenvalue weighted by Crippen LogP contribution is -2.12. The van der Waals surface area contributed by atoms with Crippen LogP contribution < -0.4 is 15.4 Å². The van der Waals surface area contributed by atoms with E-state index >= 15 is 0 Å². The largest absolute Gasteiger partial charge is 0.497 e. The lowest BCUT2D eigenvalue weighted by atomic mass is 10.2. The van der Waals surface area contributed by atoms with Crippen LogP contribution in [-0.2, 0) is 0 Å². The standard InChI is InChI=1S/C19H15Cl2N3O2/c1-26-15-6-3-13(4-7-15)24-19(25)12-2-9-18(22-11-12)23-14-5-8-16(20)17(21)10-14/h2-11H,1H3,(H,22,23)(H,24,25). The molecular weight excluding hydrogens is 373 g/mol. The molecular formula is C19H15Cl2N3O2. The van der Waals surface area contributed by atoms with Gasteiger partial charge in [-0.25, -0.2) is 4.98 Å². The Morgan fingerprint density at radius 1 is 0.962 bits per heavy atom. The number of carbonyl (C=O) groups excluding carboxylic acids is 1. The van der Waals surface area contributed by atoms with Crippen LogP contribution in [0.5, 0.6) is 5.75 Å². The molecule has 7 heteroatoms. The molecule has 0 bridgehead atoms. The first-order valence-corrected chi connectivity index (χ1v) is 8.44. The number of halogens is 2. The van der Waals surface area contributed by atoms with Crippen molar-refractivity contribution in [2.75, 3.05) is 17.7 Å². The van der Waals surface area contributed by atoms with Crippen LogP contribution in [0.4, 0.5) is 17.2 Å². The molecule has 2 N–H and O–H groups in total. The van der Waals surface area contributed by atoms with E-state index in [9.17, 15) is 4.79 Å². The summed E-state index contributed by atoms with van der Waals surface area (Å²) in [4.78, 5) is 16.5. The molecule has 132 valence electrons. The second kappa shape index (κ2) is 8.08. The topological polar surface area (TPSA) is 63.2 Å². The number of rotatable bonds is 5. The number of hydrogen-bond acceptors (Lipinski definition) is 4. The predicted molar refractivity (Wildman–Crippen MR) is 105 cm³/mol. The number of benzene rings is 2. The van der Waals surface area contributed by atoms with E-state index in [4.69, 9.17) is 27.9 Å². The molecule has 0 radical (unpaired) electrons. The molecule has 3 aromatic rings. The maximum Gasteiger partial charge on any atom is 0.257 e. The summed E-state index contributed by atoms with van der Waals surface area (Å²) < 4.78 is 5.09. The minimum atomic E-state index is -0.247. The Morgan fingerprint density at radius 3 is 2.31 bits per heavy atom. The van der Waals surface area contributed by atoms with Gasteiger partial charge in [-0.1, -0.05) is 23.2 Å². The fraction of sp³-hybridized carbons (Fsp3) is 0.0526. The molecule has 26 heavy (non-hydrogen) atoms. The summed E-state index contributed by atoms with van der Waals surface area (Å²) in [7, 11) is 1.59. The van der Waals surface area contributed by atoms with Crippen LogP contribution in [0.3, 0.4) is 0 Å². The second-order valence-corrected chi connectivity index (χ2v) is 6.18. The zero-order valence-electron chi connectivity index (χ0n) is 13.8. The zero-order valence-corrected chi connectivity index (χ0v) is 15.3. The van der Waals surface area contributed by atoms with Crippen LogP contribution in [-0.4, -0.2) is 18.0 Å². The van der Waals surface area contributed by atoms with E-state index in [-0.39, 0.29) is 5.91 Å². The van der Waals surface area contributed by atoms with Gasteiger partial charge in [-0.3, -0.25) is 4.79 Å². The number of carbonyl (C=O) groups is 1. The number of ether oxygens (including phenoxy) is 1. The van der Waals surface area contributed by atoms with Gasteiger partial charge in [0.25, 0.3) is 5.91 Å². The summed E-state index contributed by atoms with van der Waals surface area (Å²) >= 11 is 11.9. The summed E-state index contributed by atoms with van der Waals surface area (Å²) in [6, 6.07) is 15.7. The molecule has 0 aliphatic carbocycles. The summed E-state index contributed by atoms with van der Waals surface area (Å²) in [5.74, 6) is 1.07. The minimum Gasteiger partial charge on any atom is -0.497 e. The van der Waals surface area contributed by atoms with Crippen molar-refractivity contribution in [3.05, 3.63) is 76.4 Å². The van der Waals surface area contributed by atoms with Crippen molar-refractivity contribution in [2.24, 2.45) is 0 Å². The first kappa shape index (κ1) is 18.0. The van der Waals surface area contributed by atoms with Crippen molar-refractivity contribution in [3.63, 3.8) is 0 Å². The molecule has 1 heterocycles. The summed E-state index contributed by atoms with van der Waals surface area (Å²) in [5.41, 5.74) is 1.87. The Balaban J connectivity index is 1.66. The van der Waals surface area contributed by atoms with E-state index in [2.05, 4.69) is 15.6 Å². The van der Waals surface area contributed by atoms with Crippen LogP contribution in [0.15, 0.2) is 60.8 Å². The highest BCUT2D eigenvalue weighted by Gasteiger charge is 2.08. The maximum absolute atomic E-state index is 12.3. The SMILES string of the molecule is COc1ccc(NC(=O)c2ccc(Nc3ccc(Cl)c(Cl)c3)nc2)cc1. The highest BCUT2D eigenvalue weighted by atomic mass is 35.5. The third-order valence-corrected chi connectivity index (χ3v) is 4.30. The summed E-state index contributed by atoms with van der Waals surface area (Å²) in [6.07, 6.45) is 1.50. The fourth-order valence-corrected chi connectivity index (χ4v) is 2.50. The van der Waals surface area contributed by atoms with Crippen LogP contribution in [0, 0.1) is 0 Å². The average molecular weight is 388 g/mol. The highest BCUT2D eigenvalue weighted by Crippen LogP contribution is 2.26. The number of methoxy groups -OCH3 is 1. The molecule has 0 saturated heterocycles. The van der Waals surface area contributed by atoms with Crippen molar-refractivity contribution in [2.45, 2.75) is 0 Å². The third kappa shape index (κ3) is 4.45. The molecule has 3 rings (SSSR count). The van der Waals surface area contributed by atoms with Crippen molar-refractivity contribution >= 4 is 46.3 Å². The van der Waals surface area contributed by atoms with Crippen LogP contribution in [0.1, 0.15) is 10.4 Å². The molecule has 0 fully saturated rings. The molecule has 2 aromatic carbocycles. The second-order valence-electron chi connectivity index (χ2n) is 5.37. The zero-order chi connectivity index (χ0) is 18.5. The molecule has 5 nitrogen and oxygen atoms in total. The van der Waals surface area contributed by atoms with Gasteiger partial charge in [0.05, 0.1) is 22.7 Å². The molecule has 0 aliphatic rings. The number of aromatic nitrogens is 1. The van der Waals surface area contributed by atoms with Gasteiger partial charge in [-0.2, -0.15) is 0 Å². The Morgan fingerprint density at radius 2 is 1.69 bits per heavy atom. The lowest BCUT2D eigenvalue weighted by Gasteiger charge is -2.08. The number of nitrogens with zero attached hydrogens (tertiary/aromatic N) is 1. The first-order valence-electron chi connectivity index (χ1n) is 7.69. The van der Waals surface area contributed by atoms with Crippen molar-refractivity contribution in [1.29, 1.82) is 0 Å². The van der Waals surface area contributed by atoms with Crippen LogP contribution in [0.25, 0.3) is 0 Å². The van der Waals surface area contributed by atoms with Gasteiger partial charge in [-0.15, -0.1) is 0 Å². The van der Waals surface area contributed by atoms with E-state index in [1.807, 2.05) is 0 Å². The molecule has 0 unspecified atom stereocenters. The molecule has 0 spiro atoms. The Labute approximate surface area is 160 Å². The molecule has 1 amide bonds. The molecule has 0 aliphatic heterocycles. The number of amides is 1. The lowest BCUT2D eigenvalue weighted by molar-refractivity contribution is 0.102. The molecule has 0 saturated carbocycles. The summed E-state index contributed by atoms with van der Waals surface area (Å²) in [6.45, 7) is 0. The van der Waals surface area contributed by atoms with E-state index < -0.39 is 0 Å². The fourth-order valence-electron chi connectivity index (χ4n) is 2.20. The Kier molecular flexibility index (Phi) is 5.61. The van der Waals surface area contributed by atoms with E-state index in [1.165, 1.54) is 6.20 Å². The normalized spacial score (nSPS) is 10.3. The average Bonchev–Trinajstić information content (AvgIpc) is 2.66. The number of anilines is 3. The Hall–Kier alpha value is -2.76. The summed E-state index contributed by atoms with van der Waals surface area (Å²) in [5, 5.41) is 6.84. The van der Waals surface area contributed by atoms with Crippen molar-refractivity contribution in [1.82, 2.24) is 4.98 Å². The monoisotopic (exact) mass is 387 g/mol. The van der Waals surface area contributed by atoms with Gasteiger partial charge < -0.3 is 15.4 Å². The van der Waals surface area contributed by atoms with Crippen molar-refractivity contribution in [3.8, 4) is 5.75 Å². The van der Waals surface area contributed by atoms with Crippen molar-refractivity contribution < 1.29 is 9.53 Å². The van der Waals surface area contributed by atoms with Gasteiger partial charge in [-0.05, 0) is 54.6 Å². The van der Waals surface area contributed by atoms with Crippen LogP contribution in [0.2, 0.25) is 10.0 Å². The molecule has 0 atom stereocenters. The van der Waals surface area contributed by atoms with Gasteiger partial charge in [0.15, 0.2) is 0 Å².